The smallest absolute Gasteiger partial charge is 0.136 e. The topological polar surface area (TPSA) is 13.1 Å². The van der Waals surface area contributed by atoms with Crippen LogP contribution in [0.25, 0.3) is 88.0 Å². The summed E-state index contributed by atoms with van der Waals surface area (Å²) in [5, 5.41) is 2.70. The first kappa shape index (κ1) is 18.7. The molecule has 45 heavy (non-hydrogen) atoms. The quantitative estimate of drug-likeness (QED) is 0.189. The largest absolute Gasteiger partial charge is 0.456 e. The Morgan fingerprint density at radius 1 is 0.356 bits per heavy atom. The number of benzene rings is 8. The van der Waals surface area contributed by atoms with E-state index in [0.717, 1.165) is 44.2 Å². The minimum atomic E-state index is -0.425. The van der Waals surface area contributed by atoms with Crippen LogP contribution in [0.1, 0.15) is 11.0 Å². The van der Waals surface area contributed by atoms with Gasteiger partial charge in [-0.25, -0.2) is 0 Å². The molecule has 8 aromatic carbocycles. The minimum Gasteiger partial charge on any atom is -0.456 e. The third-order valence-electron chi connectivity index (χ3n) is 8.53. The minimum absolute atomic E-state index is 0.188. The van der Waals surface area contributed by atoms with Gasteiger partial charge in [0.2, 0.25) is 0 Å². The van der Waals surface area contributed by atoms with Crippen molar-refractivity contribution >= 4 is 43.5 Å². The number of furan rings is 1. The molecule has 0 unspecified atom stereocenters. The molecule has 0 amide bonds. The molecule has 1 heteroatoms. The van der Waals surface area contributed by atoms with E-state index in [1.54, 1.807) is 24.3 Å². The molecule has 1 heterocycles. The molecular weight excluding hydrogens is 544 g/mol. The number of rotatable bonds is 4. The van der Waals surface area contributed by atoms with Gasteiger partial charge in [-0.1, -0.05) is 158 Å². The van der Waals surface area contributed by atoms with Crippen molar-refractivity contribution in [2.24, 2.45) is 0 Å². The highest BCUT2D eigenvalue weighted by Crippen LogP contribution is 2.46. The van der Waals surface area contributed by atoms with E-state index in [1.807, 2.05) is 78.9 Å². The van der Waals surface area contributed by atoms with Gasteiger partial charge in [0.05, 0.1) is 11.0 Å². The van der Waals surface area contributed by atoms with Crippen molar-refractivity contribution in [2.75, 3.05) is 0 Å². The summed E-state index contributed by atoms with van der Waals surface area (Å²) in [6.45, 7) is 0. The highest BCUT2D eigenvalue weighted by Gasteiger charge is 2.19. The van der Waals surface area contributed by atoms with Gasteiger partial charge in [-0.2, -0.15) is 0 Å². The van der Waals surface area contributed by atoms with E-state index in [2.05, 4.69) is 18.2 Å². The van der Waals surface area contributed by atoms with Crippen molar-refractivity contribution < 1.29 is 15.4 Å². The van der Waals surface area contributed by atoms with E-state index in [4.69, 9.17) is 12.6 Å². The average Bonchev–Trinajstić information content (AvgIpc) is 3.58. The fourth-order valence-electron chi connectivity index (χ4n) is 6.59. The standard InChI is InChI=1S/C44H28O/c1-3-13-29(14-4-1)33-27-28-40-44(38-21-11-12-22-39(38)45-40)43(33)32-25-23-31(24-26-32)42-36-19-9-7-17-34(36)41(30-15-5-2-6-16-30)35-18-8-10-20-37(35)42/h1-28H/i7D,8D,9D,10D,17D,18D,19D,20D. The third-order valence-corrected chi connectivity index (χ3v) is 8.53. The Balaban J connectivity index is 1.41. The fraction of sp³-hybridized carbons (Fsp3) is 0. The molecule has 1 nitrogen and oxygen atoms in total. The summed E-state index contributed by atoms with van der Waals surface area (Å²) in [6, 6.07) is 35.9. The Kier molecular flexibility index (Phi) is 4.30. The van der Waals surface area contributed by atoms with E-state index in [-0.39, 0.29) is 45.7 Å². The third kappa shape index (κ3) is 4.09. The van der Waals surface area contributed by atoms with Crippen molar-refractivity contribution in [3.8, 4) is 44.5 Å². The summed E-state index contributed by atoms with van der Waals surface area (Å²) >= 11 is 0. The first-order chi connectivity index (χ1) is 25.7. The first-order valence-electron chi connectivity index (χ1n) is 18.8. The molecule has 0 fully saturated rings. The van der Waals surface area contributed by atoms with Gasteiger partial charge >= 0.3 is 0 Å². The second kappa shape index (κ2) is 10.4. The maximum atomic E-state index is 9.23. The van der Waals surface area contributed by atoms with Gasteiger partial charge in [-0.3, -0.25) is 0 Å². The Morgan fingerprint density at radius 3 is 1.40 bits per heavy atom. The van der Waals surface area contributed by atoms with E-state index >= 15 is 0 Å². The lowest BCUT2D eigenvalue weighted by atomic mass is 9.85. The molecule has 0 atom stereocenters. The second-order valence-electron chi connectivity index (χ2n) is 11.0. The number of hydrogen-bond donors (Lipinski definition) is 0. The van der Waals surface area contributed by atoms with Crippen LogP contribution in [0.4, 0.5) is 0 Å². The molecular formula is C44H28O. The van der Waals surface area contributed by atoms with Gasteiger partial charge in [0.15, 0.2) is 0 Å². The molecule has 210 valence electrons. The van der Waals surface area contributed by atoms with Gasteiger partial charge in [-0.15, -0.1) is 0 Å². The van der Waals surface area contributed by atoms with Crippen molar-refractivity contribution in [3.05, 3.63) is 170 Å². The summed E-state index contributed by atoms with van der Waals surface area (Å²) in [5.74, 6) is 0. The summed E-state index contributed by atoms with van der Waals surface area (Å²) in [4.78, 5) is 0. The predicted octanol–water partition coefficient (Wildman–Crippen LogP) is 12.6. The van der Waals surface area contributed by atoms with Gasteiger partial charge in [-0.05, 0) is 72.6 Å². The monoisotopic (exact) mass is 580 g/mol. The summed E-state index contributed by atoms with van der Waals surface area (Å²) in [5.41, 5.74) is 7.15. The Bertz CT molecular complexity index is 2870. The lowest BCUT2D eigenvalue weighted by Gasteiger charge is -2.18. The van der Waals surface area contributed by atoms with Crippen LogP contribution in [-0.4, -0.2) is 0 Å². The number of para-hydroxylation sites is 1. The molecule has 0 saturated carbocycles. The van der Waals surface area contributed by atoms with E-state index in [1.165, 1.54) is 0 Å². The van der Waals surface area contributed by atoms with Gasteiger partial charge in [0, 0.05) is 16.3 Å². The zero-order chi connectivity index (χ0) is 36.7. The Labute approximate surface area is 272 Å². The number of fused-ring (bicyclic) bond motifs is 5. The normalized spacial score (nSPS) is 14.0. The Hall–Kier alpha value is -5.92. The maximum Gasteiger partial charge on any atom is 0.136 e. The molecule has 9 aromatic rings. The van der Waals surface area contributed by atoms with E-state index in [0.29, 0.717) is 22.3 Å². The summed E-state index contributed by atoms with van der Waals surface area (Å²) < 4.78 is 77.8. The highest BCUT2D eigenvalue weighted by molar-refractivity contribution is 6.21. The SMILES string of the molecule is [2H]c1c([2H])c([2H])c2c(-c3ccc(-c4c(-c5ccccc5)ccc5oc6ccccc6c45)cc3)c3c([2H])c([2H])c([2H])c([2H])c3c(-c3ccccc3)c2c1[2H]. The molecule has 0 aliphatic heterocycles. The molecule has 1 aromatic heterocycles. The van der Waals surface area contributed by atoms with Crippen molar-refractivity contribution in [2.45, 2.75) is 0 Å². The van der Waals surface area contributed by atoms with Crippen LogP contribution >= 0.6 is 0 Å². The van der Waals surface area contributed by atoms with Crippen LogP contribution in [-0.2, 0) is 0 Å². The van der Waals surface area contributed by atoms with Crippen molar-refractivity contribution in [1.29, 1.82) is 0 Å². The highest BCUT2D eigenvalue weighted by atomic mass is 16.3. The molecule has 0 radical (unpaired) electrons. The van der Waals surface area contributed by atoms with Crippen LogP contribution in [0.5, 0.6) is 0 Å². The molecule has 0 N–H and O–H groups in total. The second-order valence-corrected chi connectivity index (χ2v) is 11.0. The van der Waals surface area contributed by atoms with Gasteiger partial charge in [0.1, 0.15) is 11.2 Å². The lowest BCUT2D eigenvalue weighted by Crippen LogP contribution is -1.91. The van der Waals surface area contributed by atoms with Crippen LogP contribution in [0, 0.1) is 0 Å². The molecule has 9 rings (SSSR count). The molecule has 0 bridgehead atoms. The number of hydrogen-bond acceptors (Lipinski definition) is 1. The Morgan fingerprint density at radius 2 is 0.822 bits per heavy atom. The summed E-state index contributed by atoms with van der Waals surface area (Å²) in [6.07, 6.45) is 0. The average molecular weight is 581 g/mol. The molecule has 0 spiro atoms. The van der Waals surface area contributed by atoms with Gasteiger partial charge in [0.25, 0.3) is 0 Å². The van der Waals surface area contributed by atoms with Crippen LogP contribution in [0.15, 0.2) is 174 Å². The van der Waals surface area contributed by atoms with Crippen LogP contribution < -0.4 is 0 Å². The van der Waals surface area contributed by atoms with Crippen LogP contribution in [0.3, 0.4) is 0 Å². The van der Waals surface area contributed by atoms with E-state index < -0.39 is 24.2 Å². The predicted molar refractivity (Wildman–Crippen MR) is 190 cm³/mol. The fourth-order valence-corrected chi connectivity index (χ4v) is 6.59. The van der Waals surface area contributed by atoms with Crippen LogP contribution in [0.2, 0.25) is 0 Å². The lowest BCUT2D eigenvalue weighted by molar-refractivity contribution is 0.669. The zero-order valence-electron chi connectivity index (χ0n) is 32.0. The molecule has 0 aliphatic carbocycles. The van der Waals surface area contributed by atoms with Crippen molar-refractivity contribution in [1.82, 2.24) is 0 Å². The molecule has 0 aliphatic rings. The molecule has 0 saturated heterocycles. The van der Waals surface area contributed by atoms with Gasteiger partial charge < -0.3 is 4.42 Å². The first-order valence-corrected chi connectivity index (χ1v) is 14.8. The zero-order valence-corrected chi connectivity index (χ0v) is 24.0. The van der Waals surface area contributed by atoms with Crippen molar-refractivity contribution in [3.63, 3.8) is 0 Å². The summed E-state index contributed by atoms with van der Waals surface area (Å²) in [7, 11) is 0. The maximum absolute atomic E-state index is 9.23. The van der Waals surface area contributed by atoms with E-state index in [9.17, 15) is 2.74 Å².